The number of piperazine rings is 1. The van der Waals surface area contributed by atoms with Crippen LogP contribution < -0.4 is 4.90 Å². The van der Waals surface area contributed by atoms with Crippen molar-refractivity contribution in [1.82, 2.24) is 4.90 Å². The highest BCUT2D eigenvalue weighted by molar-refractivity contribution is 5.87. The summed E-state index contributed by atoms with van der Waals surface area (Å²) >= 11 is 0. The first kappa shape index (κ1) is 20.0. The van der Waals surface area contributed by atoms with Crippen LogP contribution in [0.2, 0.25) is 0 Å². The monoisotopic (exact) mass is 392 g/mol. The minimum Gasteiger partial charge on any atom is -0.392 e. The van der Waals surface area contributed by atoms with Gasteiger partial charge in [0.2, 0.25) is 5.91 Å². The second kappa shape index (κ2) is 8.09. The number of hydrogen-bond acceptors (Lipinski definition) is 7. The zero-order chi connectivity index (χ0) is 20.4. The summed E-state index contributed by atoms with van der Waals surface area (Å²) in [6.45, 7) is 2.13. The fraction of sp³-hybridized carbons (Fsp3) is 0.611. The standard InChI is InChI=1S/C18H24N4O6/c1-12-14(11-23)8-15(21(25)26)18(17(12)22(27)28)20-7-6-19(16(24)10-20)9-13-4-2-3-5-13/h8,13,23H,2-7,9-11H2,1H3. The molecule has 0 spiro atoms. The van der Waals surface area contributed by atoms with Gasteiger partial charge in [0.1, 0.15) is 0 Å². The third-order valence-electron chi connectivity index (χ3n) is 5.75. The van der Waals surface area contributed by atoms with E-state index in [1.165, 1.54) is 24.7 Å². The smallest absolute Gasteiger partial charge is 0.302 e. The topological polar surface area (TPSA) is 130 Å². The van der Waals surface area contributed by atoms with E-state index in [9.17, 15) is 30.1 Å². The highest BCUT2D eigenvalue weighted by Crippen LogP contribution is 2.42. The van der Waals surface area contributed by atoms with Crippen molar-refractivity contribution < 1.29 is 19.7 Å². The molecule has 2 aliphatic rings. The summed E-state index contributed by atoms with van der Waals surface area (Å²) in [7, 11) is 0. The summed E-state index contributed by atoms with van der Waals surface area (Å²) in [4.78, 5) is 37.7. The lowest BCUT2D eigenvalue weighted by molar-refractivity contribution is -0.393. The summed E-state index contributed by atoms with van der Waals surface area (Å²) < 4.78 is 0. The molecular formula is C18H24N4O6. The number of rotatable bonds is 6. The molecule has 1 aromatic carbocycles. The number of aliphatic hydroxyl groups is 1. The van der Waals surface area contributed by atoms with Crippen molar-refractivity contribution in [3.8, 4) is 0 Å². The Morgan fingerprint density at radius 1 is 1.18 bits per heavy atom. The Morgan fingerprint density at radius 2 is 1.86 bits per heavy atom. The van der Waals surface area contributed by atoms with Gasteiger partial charge in [-0.05, 0) is 31.2 Å². The molecule has 1 aliphatic heterocycles. The summed E-state index contributed by atoms with van der Waals surface area (Å²) in [5.74, 6) is 0.316. The predicted octanol–water partition coefficient (Wildman–Crippen LogP) is 2.14. The molecule has 2 fully saturated rings. The van der Waals surface area contributed by atoms with Gasteiger partial charge in [-0.3, -0.25) is 25.0 Å². The van der Waals surface area contributed by atoms with Crippen LogP contribution in [0.4, 0.5) is 17.1 Å². The summed E-state index contributed by atoms with van der Waals surface area (Å²) in [6, 6.07) is 1.16. The molecule has 1 saturated carbocycles. The second-order valence-corrected chi connectivity index (χ2v) is 7.46. The first-order valence-corrected chi connectivity index (χ1v) is 9.42. The molecule has 0 atom stereocenters. The molecule has 10 nitrogen and oxygen atoms in total. The quantitative estimate of drug-likeness (QED) is 0.580. The van der Waals surface area contributed by atoms with E-state index in [4.69, 9.17) is 0 Å². The first-order chi connectivity index (χ1) is 13.3. The maximum absolute atomic E-state index is 12.6. The maximum Gasteiger partial charge on any atom is 0.302 e. The number of amides is 1. The zero-order valence-electron chi connectivity index (χ0n) is 15.8. The van der Waals surface area contributed by atoms with Crippen molar-refractivity contribution in [2.75, 3.05) is 31.1 Å². The normalized spacial score (nSPS) is 18.0. The first-order valence-electron chi connectivity index (χ1n) is 9.42. The van der Waals surface area contributed by atoms with Crippen molar-refractivity contribution in [2.24, 2.45) is 5.92 Å². The fourth-order valence-electron chi connectivity index (χ4n) is 4.23. The van der Waals surface area contributed by atoms with Crippen LogP contribution in [0.15, 0.2) is 6.07 Å². The van der Waals surface area contributed by atoms with E-state index < -0.39 is 27.8 Å². The molecule has 1 saturated heterocycles. The average molecular weight is 392 g/mol. The lowest BCUT2D eigenvalue weighted by Crippen LogP contribution is -2.51. The van der Waals surface area contributed by atoms with Crippen LogP contribution in [0.25, 0.3) is 0 Å². The van der Waals surface area contributed by atoms with Crippen molar-refractivity contribution in [3.63, 3.8) is 0 Å². The van der Waals surface area contributed by atoms with Crippen LogP contribution in [0.5, 0.6) is 0 Å². The van der Waals surface area contributed by atoms with E-state index in [0.717, 1.165) is 18.9 Å². The van der Waals surface area contributed by atoms with Crippen LogP contribution in [0, 0.1) is 33.1 Å². The molecule has 1 aromatic rings. The Bertz CT molecular complexity index is 806. The van der Waals surface area contributed by atoms with Crippen molar-refractivity contribution >= 4 is 23.0 Å². The number of anilines is 1. The van der Waals surface area contributed by atoms with E-state index in [1.807, 2.05) is 0 Å². The molecule has 1 aliphatic carbocycles. The van der Waals surface area contributed by atoms with Crippen LogP contribution in [-0.4, -0.2) is 51.9 Å². The molecule has 0 bridgehead atoms. The molecule has 0 unspecified atom stereocenters. The molecule has 0 aromatic heterocycles. The summed E-state index contributed by atoms with van der Waals surface area (Å²) in [5, 5.41) is 32.7. The van der Waals surface area contributed by atoms with Crippen molar-refractivity contribution in [1.29, 1.82) is 0 Å². The summed E-state index contributed by atoms with van der Waals surface area (Å²) in [5.41, 5.74) is -0.727. The van der Waals surface area contributed by atoms with Gasteiger partial charge < -0.3 is 14.9 Å². The van der Waals surface area contributed by atoms with Gasteiger partial charge in [0.25, 0.3) is 5.69 Å². The Morgan fingerprint density at radius 3 is 2.39 bits per heavy atom. The lowest BCUT2D eigenvalue weighted by atomic mass is 10.0. The Balaban J connectivity index is 1.92. The van der Waals surface area contributed by atoms with E-state index >= 15 is 0 Å². The van der Waals surface area contributed by atoms with Crippen molar-refractivity contribution in [2.45, 2.75) is 39.2 Å². The SMILES string of the molecule is Cc1c(CO)cc([N+](=O)[O-])c(N2CCN(CC3CCCC3)C(=O)C2)c1[N+](=O)[O-]. The van der Waals surface area contributed by atoms with Gasteiger partial charge in [0, 0.05) is 31.3 Å². The number of benzene rings is 1. The number of hydrogen-bond donors (Lipinski definition) is 1. The highest BCUT2D eigenvalue weighted by atomic mass is 16.6. The van der Waals surface area contributed by atoms with Crippen LogP contribution in [0.1, 0.15) is 36.8 Å². The average Bonchev–Trinajstić information content (AvgIpc) is 3.15. The molecular weight excluding hydrogens is 368 g/mol. The van der Waals surface area contributed by atoms with E-state index in [-0.39, 0.29) is 35.8 Å². The van der Waals surface area contributed by atoms with Gasteiger partial charge >= 0.3 is 5.69 Å². The number of nitrogens with zero attached hydrogens (tertiary/aromatic N) is 4. The summed E-state index contributed by atoms with van der Waals surface area (Å²) in [6.07, 6.45) is 4.56. The van der Waals surface area contributed by atoms with Gasteiger partial charge in [-0.25, -0.2) is 0 Å². The molecule has 0 radical (unpaired) electrons. The van der Waals surface area contributed by atoms with E-state index in [0.29, 0.717) is 19.0 Å². The largest absolute Gasteiger partial charge is 0.392 e. The zero-order valence-corrected chi connectivity index (χ0v) is 15.8. The fourth-order valence-corrected chi connectivity index (χ4v) is 4.23. The Kier molecular flexibility index (Phi) is 5.78. The minimum atomic E-state index is -0.698. The number of carbonyl (C=O) groups excluding carboxylic acids is 1. The molecule has 1 heterocycles. The van der Waals surface area contributed by atoms with Gasteiger partial charge in [0.05, 0.1) is 23.0 Å². The molecule has 3 rings (SSSR count). The third kappa shape index (κ3) is 3.77. The number of aliphatic hydroxyl groups excluding tert-OH is 1. The van der Waals surface area contributed by atoms with E-state index in [2.05, 4.69) is 0 Å². The second-order valence-electron chi connectivity index (χ2n) is 7.46. The lowest BCUT2D eigenvalue weighted by Gasteiger charge is -2.36. The number of nitro benzene ring substituents is 2. The highest BCUT2D eigenvalue weighted by Gasteiger charge is 2.37. The number of carbonyl (C=O) groups is 1. The molecule has 152 valence electrons. The predicted molar refractivity (Wildman–Crippen MR) is 101 cm³/mol. The third-order valence-corrected chi connectivity index (χ3v) is 5.75. The van der Waals surface area contributed by atoms with Gasteiger partial charge in [-0.1, -0.05) is 12.8 Å². The maximum atomic E-state index is 12.6. The number of nitro groups is 2. The molecule has 1 amide bonds. The Labute approximate surface area is 162 Å². The van der Waals surface area contributed by atoms with Gasteiger partial charge in [-0.2, -0.15) is 0 Å². The van der Waals surface area contributed by atoms with Gasteiger partial charge in [0.15, 0.2) is 5.69 Å². The molecule has 1 N–H and O–H groups in total. The molecule has 10 heteroatoms. The van der Waals surface area contributed by atoms with Crippen LogP contribution in [-0.2, 0) is 11.4 Å². The Hall–Kier alpha value is -2.75. The van der Waals surface area contributed by atoms with Gasteiger partial charge in [-0.15, -0.1) is 0 Å². The van der Waals surface area contributed by atoms with E-state index in [1.54, 1.807) is 4.90 Å². The van der Waals surface area contributed by atoms with Crippen LogP contribution >= 0.6 is 0 Å². The van der Waals surface area contributed by atoms with Crippen molar-refractivity contribution in [3.05, 3.63) is 37.4 Å². The molecule has 28 heavy (non-hydrogen) atoms. The minimum absolute atomic E-state index is 0.133. The van der Waals surface area contributed by atoms with Crippen LogP contribution in [0.3, 0.4) is 0 Å².